The van der Waals surface area contributed by atoms with Gasteiger partial charge in [0.1, 0.15) is 10.0 Å². The number of carbonyl (C=O) groups is 1. The molecule has 5 nitrogen and oxygen atoms in total. The third-order valence-corrected chi connectivity index (χ3v) is 5.95. The van der Waals surface area contributed by atoms with Gasteiger partial charge in [-0.25, -0.2) is 17.6 Å². The van der Waals surface area contributed by atoms with E-state index in [9.17, 15) is 17.6 Å². The van der Waals surface area contributed by atoms with E-state index in [0.717, 1.165) is 29.5 Å². The Balaban J connectivity index is 2.45. The van der Waals surface area contributed by atoms with Crippen molar-refractivity contribution in [1.29, 1.82) is 0 Å². The highest BCUT2D eigenvalue weighted by atomic mass is 35.5. The van der Waals surface area contributed by atoms with Crippen LogP contribution in [0.3, 0.4) is 0 Å². The molecule has 21 heavy (non-hydrogen) atoms. The van der Waals surface area contributed by atoms with Gasteiger partial charge in [-0.1, -0.05) is 11.6 Å². The van der Waals surface area contributed by atoms with Crippen LogP contribution in [0.15, 0.2) is 28.5 Å². The number of carboxylic acid groups (broad SMARTS) is 1. The van der Waals surface area contributed by atoms with Crippen molar-refractivity contribution in [3.05, 3.63) is 45.5 Å². The van der Waals surface area contributed by atoms with E-state index in [-0.39, 0.29) is 15.5 Å². The fourth-order valence-corrected chi connectivity index (χ4v) is 4.32. The summed E-state index contributed by atoms with van der Waals surface area (Å²) in [4.78, 5) is 11.0. The predicted molar refractivity (Wildman–Crippen MR) is 78.2 cm³/mol. The number of nitrogens with one attached hydrogen (secondary N) is 1. The number of halogens is 2. The molecular formula is C12H9ClFNO4S2. The van der Waals surface area contributed by atoms with Crippen LogP contribution in [0.2, 0.25) is 4.34 Å². The second kappa shape index (κ2) is 5.63. The highest BCUT2D eigenvalue weighted by Crippen LogP contribution is 2.31. The largest absolute Gasteiger partial charge is 0.478 e. The molecule has 0 saturated heterocycles. The number of thiophene rings is 1. The molecule has 0 atom stereocenters. The summed E-state index contributed by atoms with van der Waals surface area (Å²) in [5, 5.41) is 9.00. The van der Waals surface area contributed by atoms with Crippen molar-refractivity contribution in [2.24, 2.45) is 0 Å². The molecule has 0 saturated carbocycles. The van der Waals surface area contributed by atoms with Gasteiger partial charge in [-0.05, 0) is 36.8 Å². The van der Waals surface area contributed by atoms with E-state index < -0.39 is 21.8 Å². The number of carboxylic acids is 1. The van der Waals surface area contributed by atoms with Crippen molar-refractivity contribution >= 4 is 44.6 Å². The Labute approximate surface area is 129 Å². The van der Waals surface area contributed by atoms with E-state index in [2.05, 4.69) is 4.72 Å². The maximum atomic E-state index is 13.2. The van der Waals surface area contributed by atoms with E-state index in [1.54, 1.807) is 6.92 Å². The van der Waals surface area contributed by atoms with Crippen LogP contribution >= 0.6 is 22.9 Å². The Kier molecular flexibility index (Phi) is 4.22. The van der Waals surface area contributed by atoms with E-state index >= 15 is 0 Å². The Morgan fingerprint density at radius 1 is 1.38 bits per heavy atom. The lowest BCUT2D eigenvalue weighted by atomic mass is 10.2. The monoisotopic (exact) mass is 349 g/mol. The second-order valence-electron chi connectivity index (χ2n) is 4.12. The molecule has 2 rings (SSSR count). The number of sulfonamides is 1. The molecule has 0 spiro atoms. The fourth-order valence-electron chi connectivity index (χ4n) is 1.55. The third kappa shape index (κ3) is 3.34. The van der Waals surface area contributed by atoms with Gasteiger partial charge >= 0.3 is 5.97 Å². The molecule has 0 fully saturated rings. The van der Waals surface area contributed by atoms with Crippen LogP contribution in [-0.4, -0.2) is 19.5 Å². The van der Waals surface area contributed by atoms with Crippen LogP contribution < -0.4 is 4.72 Å². The average Bonchev–Trinajstić information content (AvgIpc) is 2.69. The first-order chi connectivity index (χ1) is 9.70. The molecule has 2 aromatic rings. The van der Waals surface area contributed by atoms with E-state index in [1.807, 2.05) is 0 Å². The zero-order chi connectivity index (χ0) is 15.8. The standard InChI is InChI=1S/C12H9ClFNO4S2/c1-6-4-10(20-11(6)13)21(18,19)15-9-5-7(14)2-3-8(9)12(16)17/h2-5,15H,1H3,(H,16,17). The smallest absolute Gasteiger partial charge is 0.337 e. The number of rotatable bonds is 4. The summed E-state index contributed by atoms with van der Waals surface area (Å²) in [5.41, 5.74) is -0.108. The molecule has 0 aliphatic carbocycles. The highest BCUT2D eigenvalue weighted by molar-refractivity contribution is 7.94. The molecule has 0 unspecified atom stereocenters. The molecule has 2 N–H and O–H groups in total. The lowest BCUT2D eigenvalue weighted by molar-refractivity contribution is 0.0698. The Morgan fingerprint density at radius 2 is 2.05 bits per heavy atom. The van der Waals surface area contributed by atoms with E-state index in [4.69, 9.17) is 16.7 Å². The number of benzene rings is 1. The molecule has 0 amide bonds. The molecule has 9 heteroatoms. The SMILES string of the molecule is Cc1cc(S(=O)(=O)Nc2cc(F)ccc2C(=O)O)sc1Cl. The first-order valence-electron chi connectivity index (χ1n) is 5.52. The maximum Gasteiger partial charge on any atom is 0.337 e. The summed E-state index contributed by atoms with van der Waals surface area (Å²) in [7, 11) is -4.03. The lowest BCUT2D eigenvalue weighted by Gasteiger charge is -2.09. The fraction of sp³-hybridized carbons (Fsp3) is 0.0833. The van der Waals surface area contributed by atoms with Crippen molar-refractivity contribution in [1.82, 2.24) is 0 Å². The van der Waals surface area contributed by atoms with Crippen LogP contribution in [-0.2, 0) is 10.0 Å². The molecule has 0 radical (unpaired) electrons. The molecule has 0 aliphatic heterocycles. The van der Waals surface area contributed by atoms with Crippen molar-refractivity contribution in [2.45, 2.75) is 11.1 Å². The van der Waals surface area contributed by atoms with Crippen molar-refractivity contribution in [3.63, 3.8) is 0 Å². The van der Waals surface area contributed by atoms with Crippen LogP contribution in [0.5, 0.6) is 0 Å². The summed E-state index contributed by atoms with van der Waals surface area (Å²) in [6.45, 7) is 1.64. The Bertz CT molecular complexity index is 797. The average molecular weight is 350 g/mol. The number of aromatic carboxylic acids is 1. The molecule has 0 aliphatic rings. The Morgan fingerprint density at radius 3 is 2.57 bits per heavy atom. The van der Waals surface area contributed by atoms with Gasteiger partial charge in [-0.2, -0.15) is 0 Å². The normalized spacial score (nSPS) is 11.4. The van der Waals surface area contributed by atoms with E-state index in [1.165, 1.54) is 6.07 Å². The van der Waals surface area contributed by atoms with Crippen molar-refractivity contribution < 1.29 is 22.7 Å². The lowest BCUT2D eigenvalue weighted by Crippen LogP contribution is -2.14. The maximum absolute atomic E-state index is 13.2. The summed E-state index contributed by atoms with van der Waals surface area (Å²) >= 11 is 6.65. The minimum absolute atomic E-state index is 0.0781. The molecule has 0 bridgehead atoms. The third-order valence-electron chi connectivity index (χ3n) is 2.56. The molecule has 1 aromatic heterocycles. The first-order valence-corrected chi connectivity index (χ1v) is 8.20. The summed E-state index contributed by atoms with van der Waals surface area (Å²) in [6.07, 6.45) is 0. The van der Waals surface area contributed by atoms with Crippen molar-refractivity contribution in [2.75, 3.05) is 4.72 Å². The molecule has 112 valence electrons. The minimum Gasteiger partial charge on any atom is -0.478 e. The van der Waals surface area contributed by atoms with Gasteiger partial charge in [0.25, 0.3) is 10.0 Å². The van der Waals surface area contributed by atoms with Gasteiger partial charge in [0.2, 0.25) is 0 Å². The minimum atomic E-state index is -4.03. The number of hydrogen-bond donors (Lipinski definition) is 2. The van der Waals surface area contributed by atoms with Crippen LogP contribution in [0.25, 0.3) is 0 Å². The molecular weight excluding hydrogens is 341 g/mol. The van der Waals surface area contributed by atoms with Gasteiger partial charge in [-0.15, -0.1) is 11.3 Å². The van der Waals surface area contributed by atoms with Crippen LogP contribution in [0.4, 0.5) is 10.1 Å². The molecule has 1 heterocycles. The predicted octanol–water partition coefficient (Wildman–Crippen LogP) is 3.35. The van der Waals surface area contributed by atoms with Crippen LogP contribution in [0, 0.1) is 12.7 Å². The van der Waals surface area contributed by atoms with Crippen molar-refractivity contribution in [3.8, 4) is 0 Å². The number of aryl methyl sites for hydroxylation is 1. The highest BCUT2D eigenvalue weighted by Gasteiger charge is 2.21. The zero-order valence-electron chi connectivity index (χ0n) is 10.6. The number of hydrogen-bond acceptors (Lipinski definition) is 4. The van der Waals surface area contributed by atoms with Gasteiger partial charge in [0.05, 0.1) is 15.6 Å². The van der Waals surface area contributed by atoms with E-state index in [0.29, 0.717) is 9.90 Å². The topological polar surface area (TPSA) is 83.5 Å². The van der Waals surface area contributed by atoms with Gasteiger partial charge < -0.3 is 5.11 Å². The van der Waals surface area contributed by atoms with Crippen LogP contribution in [0.1, 0.15) is 15.9 Å². The molecule has 1 aromatic carbocycles. The zero-order valence-corrected chi connectivity index (χ0v) is 12.9. The summed E-state index contributed by atoms with van der Waals surface area (Å²) in [5.74, 6) is -2.12. The van der Waals surface area contributed by atoms with Gasteiger partial charge in [0, 0.05) is 0 Å². The second-order valence-corrected chi connectivity index (χ2v) is 7.69. The quantitative estimate of drug-likeness (QED) is 0.886. The number of anilines is 1. The summed E-state index contributed by atoms with van der Waals surface area (Å²) < 4.78 is 39.9. The summed E-state index contributed by atoms with van der Waals surface area (Å²) in [6, 6.07) is 4.09. The Hall–Kier alpha value is -1.64. The van der Waals surface area contributed by atoms with Gasteiger partial charge in [-0.3, -0.25) is 4.72 Å². The first kappa shape index (κ1) is 15.7. The van der Waals surface area contributed by atoms with Gasteiger partial charge in [0.15, 0.2) is 0 Å².